The summed E-state index contributed by atoms with van der Waals surface area (Å²) in [5.41, 5.74) is 4.26. The maximum absolute atomic E-state index is 12.5. The molecule has 1 fully saturated rings. The first kappa shape index (κ1) is 17.8. The number of benzene rings is 2. The van der Waals surface area contributed by atoms with Crippen LogP contribution in [-0.4, -0.2) is 28.8 Å². The van der Waals surface area contributed by atoms with Gasteiger partial charge in [-0.1, -0.05) is 17.3 Å². The molecule has 5 nitrogen and oxygen atoms in total. The van der Waals surface area contributed by atoms with Gasteiger partial charge in [0.15, 0.2) is 0 Å². The van der Waals surface area contributed by atoms with Crippen LogP contribution >= 0.6 is 11.8 Å². The van der Waals surface area contributed by atoms with Crippen LogP contribution in [0.2, 0.25) is 0 Å². The Hall–Kier alpha value is -2.60. The topological polar surface area (TPSA) is 59.2 Å². The highest BCUT2D eigenvalue weighted by Crippen LogP contribution is 2.32. The Morgan fingerprint density at radius 1 is 1.11 bits per heavy atom. The van der Waals surface area contributed by atoms with Crippen molar-refractivity contribution in [3.63, 3.8) is 0 Å². The zero-order valence-electron chi connectivity index (χ0n) is 15.6. The third-order valence-electron chi connectivity index (χ3n) is 5.07. The number of aryl methyl sites for hydroxylation is 2. The van der Waals surface area contributed by atoms with Crippen LogP contribution in [0.25, 0.3) is 11.4 Å². The van der Waals surface area contributed by atoms with E-state index in [1.807, 2.05) is 36.6 Å². The van der Waals surface area contributed by atoms with Crippen LogP contribution in [0.1, 0.15) is 29.4 Å². The predicted molar refractivity (Wildman–Crippen MR) is 107 cm³/mol. The van der Waals surface area contributed by atoms with E-state index in [0.29, 0.717) is 24.7 Å². The van der Waals surface area contributed by atoms with E-state index in [4.69, 9.17) is 4.52 Å². The molecule has 27 heavy (non-hydrogen) atoms. The van der Waals surface area contributed by atoms with Gasteiger partial charge in [-0.2, -0.15) is 4.98 Å². The lowest BCUT2D eigenvalue weighted by atomic mass is 10.1. The van der Waals surface area contributed by atoms with Gasteiger partial charge in [0, 0.05) is 29.1 Å². The minimum absolute atomic E-state index is 0.0782. The predicted octanol–water partition coefficient (Wildman–Crippen LogP) is 4.60. The summed E-state index contributed by atoms with van der Waals surface area (Å²) in [6.45, 7) is 4.70. The van der Waals surface area contributed by atoms with Crippen molar-refractivity contribution in [3.8, 4) is 11.4 Å². The Morgan fingerprint density at radius 3 is 2.59 bits per heavy atom. The Morgan fingerprint density at radius 2 is 1.89 bits per heavy atom. The quantitative estimate of drug-likeness (QED) is 0.620. The molecule has 0 saturated carbocycles. The second-order valence-corrected chi connectivity index (χ2v) is 7.74. The van der Waals surface area contributed by atoms with Gasteiger partial charge in [-0.05, 0) is 61.6 Å². The van der Waals surface area contributed by atoms with Crippen molar-refractivity contribution in [2.45, 2.75) is 31.1 Å². The van der Waals surface area contributed by atoms with Crippen molar-refractivity contribution in [2.24, 2.45) is 0 Å². The van der Waals surface area contributed by atoms with Crippen LogP contribution in [0.5, 0.6) is 0 Å². The number of hydrogen-bond donors (Lipinski definition) is 0. The molecule has 0 radical (unpaired) electrons. The van der Waals surface area contributed by atoms with E-state index in [2.05, 4.69) is 36.1 Å². The first-order valence-electron chi connectivity index (χ1n) is 8.91. The fraction of sp³-hybridized carbons (Fsp3) is 0.286. The molecule has 4 rings (SSSR count). The summed E-state index contributed by atoms with van der Waals surface area (Å²) in [4.78, 5) is 20.0. The number of anilines is 1. The molecule has 1 aliphatic heterocycles. The summed E-state index contributed by atoms with van der Waals surface area (Å²) >= 11 is 1.68. The van der Waals surface area contributed by atoms with E-state index in [0.717, 1.165) is 11.3 Å². The van der Waals surface area contributed by atoms with E-state index >= 15 is 0 Å². The van der Waals surface area contributed by atoms with E-state index in [-0.39, 0.29) is 11.8 Å². The number of carbonyl (C=O) groups is 1. The van der Waals surface area contributed by atoms with E-state index in [1.165, 1.54) is 16.0 Å². The average molecular weight is 379 g/mol. The summed E-state index contributed by atoms with van der Waals surface area (Å²) < 4.78 is 5.50. The lowest BCUT2D eigenvalue weighted by Gasteiger charge is -2.16. The average Bonchev–Trinajstić information content (AvgIpc) is 3.31. The van der Waals surface area contributed by atoms with Crippen LogP contribution < -0.4 is 4.90 Å². The summed E-state index contributed by atoms with van der Waals surface area (Å²) in [5, 5.41) is 4.13. The number of rotatable bonds is 4. The van der Waals surface area contributed by atoms with Crippen LogP contribution in [0, 0.1) is 13.8 Å². The molecule has 2 heterocycles. The number of amides is 1. The van der Waals surface area contributed by atoms with E-state index < -0.39 is 0 Å². The highest BCUT2D eigenvalue weighted by molar-refractivity contribution is 7.98. The Labute approximate surface area is 162 Å². The molecule has 2 aromatic carbocycles. The van der Waals surface area contributed by atoms with Gasteiger partial charge >= 0.3 is 0 Å². The molecule has 0 spiro atoms. The van der Waals surface area contributed by atoms with Gasteiger partial charge in [0.25, 0.3) is 0 Å². The monoisotopic (exact) mass is 379 g/mol. The summed E-state index contributed by atoms with van der Waals surface area (Å²) in [6, 6.07) is 14.1. The second-order valence-electron chi connectivity index (χ2n) is 6.86. The normalized spacial score (nSPS) is 16.9. The maximum atomic E-state index is 12.5. The van der Waals surface area contributed by atoms with Gasteiger partial charge < -0.3 is 9.42 Å². The van der Waals surface area contributed by atoms with Crippen molar-refractivity contribution in [2.75, 3.05) is 17.7 Å². The molecule has 1 atom stereocenters. The van der Waals surface area contributed by atoms with Crippen molar-refractivity contribution in [3.05, 3.63) is 59.5 Å². The van der Waals surface area contributed by atoms with Crippen molar-refractivity contribution < 1.29 is 9.32 Å². The largest absolute Gasteiger partial charge is 0.339 e. The standard InChI is InChI=1S/C21H21N3O2S/c1-13-4-5-15(10-14(13)2)20-22-21(26-23-20)16-11-19(25)24(12-16)17-6-8-18(27-3)9-7-17/h4-10,16H,11-12H2,1-3H3. The molecule has 1 aromatic heterocycles. The van der Waals surface area contributed by atoms with Crippen molar-refractivity contribution >= 4 is 23.4 Å². The first-order chi connectivity index (χ1) is 13.0. The third kappa shape index (κ3) is 3.49. The summed E-state index contributed by atoms with van der Waals surface area (Å²) in [7, 11) is 0. The Bertz CT molecular complexity index is 981. The molecule has 1 unspecified atom stereocenters. The number of nitrogens with zero attached hydrogens (tertiary/aromatic N) is 3. The third-order valence-corrected chi connectivity index (χ3v) is 5.81. The minimum Gasteiger partial charge on any atom is -0.339 e. The van der Waals surface area contributed by atoms with Gasteiger partial charge in [-0.3, -0.25) is 4.79 Å². The van der Waals surface area contributed by atoms with Gasteiger partial charge in [0.05, 0.1) is 5.92 Å². The smallest absolute Gasteiger partial charge is 0.232 e. The fourth-order valence-electron chi connectivity index (χ4n) is 3.28. The van der Waals surface area contributed by atoms with Crippen LogP contribution in [0.4, 0.5) is 5.69 Å². The molecule has 0 N–H and O–H groups in total. The van der Waals surface area contributed by atoms with Gasteiger partial charge in [-0.25, -0.2) is 0 Å². The molecule has 3 aromatic rings. The minimum atomic E-state index is -0.0782. The fourth-order valence-corrected chi connectivity index (χ4v) is 3.69. The number of carbonyl (C=O) groups excluding carboxylic acids is 1. The SMILES string of the molecule is CSc1ccc(N2CC(c3nc(-c4ccc(C)c(C)c4)no3)CC2=O)cc1. The van der Waals surface area contributed by atoms with E-state index in [1.54, 1.807) is 16.7 Å². The second kappa shape index (κ2) is 7.19. The van der Waals surface area contributed by atoms with E-state index in [9.17, 15) is 4.79 Å². The molecule has 1 aliphatic rings. The zero-order valence-corrected chi connectivity index (χ0v) is 16.4. The zero-order chi connectivity index (χ0) is 19.0. The van der Waals surface area contributed by atoms with Crippen LogP contribution in [-0.2, 0) is 4.79 Å². The van der Waals surface area contributed by atoms with Gasteiger partial charge in [0.2, 0.25) is 17.6 Å². The first-order valence-corrected chi connectivity index (χ1v) is 10.1. The Kier molecular flexibility index (Phi) is 4.74. The lowest BCUT2D eigenvalue weighted by molar-refractivity contribution is -0.117. The number of aromatic nitrogens is 2. The molecule has 138 valence electrons. The molecule has 1 saturated heterocycles. The highest BCUT2D eigenvalue weighted by Gasteiger charge is 2.35. The maximum Gasteiger partial charge on any atom is 0.232 e. The highest BCUT2D eigenvalue weighted by atomic mass is 32.2. The molecule has 0 bridgehead atoms. The molecule has 6 heteroatoms. The molecule has 1 amide bonds. The summed E-state index contributed by atoms with van der Waals surface area (Å²) in [5.74, 6) is 1.11. The number of thioether (sulfide) groups is 1. The molecular formula is C21H21N3O2S. The van der Waals surface area contributed by atoms with Gasteiger partial charge in [0.1, 0.15) is 0 Å². The van der Waals surface area contributed by atoms with Gasteiger partial charge in [-0.15, -0.1) is 11.8 Å². The van der Waals surface area contributed by atoms with Crippen LogP contribution in [0.3, 0.4) is 0 Å². The molecule has 0 aliphatic carbocycles. The van der Waals surface area contributed by atoms with Crippen molar-refractivity contribution in [1.29, 1.82) is 0 Å². The number of hydrogen-bond acceptors (Lipinski definition) is 5. The summed E-state index contributed by atoms with van der Waals surface area (Å²) in [6.07, 6.45) is 2.42. The van der Waals surface area contributed by atoms with Crippen molar-refractivity contribution in [1.82, 2.24) is 10.1 Å². The molecular weight excluding hydrogens is 358 g/mol. The lowest BCUT2D eigenvalue weighted by Crippen LogP contribution is -2.24. The van der Waals surface area contributed by atoms with Crippen LogP contribution in [0.15, 0.2) is 51.9 Å². The Balaban J connectivity index is 1.53.